The van der Waals surface area contributed by atoms with E-state index in [0.29, 0.717) is 18.5 Å². The maximum Gasteiger partial charge on any atom is 0.0872 e. The third-order valence-electron chi connectivity index (χ3n) is 6.33. The van der Waals surface area contributed by atoms with E-state index >= 15 is 0 Å². The van der Waals surface area contributed by atoms with E-state index in [1.54, 1.807) is 0 Å². The minimum atomic E-state index is -0.533. The fourth-order valence-corrected chi connectivity index (χ4v) is 4.92. The molecule has 0 aliphatic heterocycles. The summed E-state index contributed by atoms with van der Waals surface area (Å²) in [5.41, 5.74) is 2.18. The van der Waals surface area contributed by atoms with Crippen LogP contribution in [0.2, 0.25) is 0 Å². The number of hydrogen-bond acceptors (Lipinski definition) is 3. The average molecular weight is 482 g/mol. The molecule has 3 unspecified atom stereocenters. The molecule has 32 heavy (non-hydrogen) atoms. The zero-order chi connectivity index (χ0) is 24.3. The summed E-state index contributed by atoms with van der Waals surface area (Å²) in [6, 6.07) is 0.405. The summed E-state index contributed by atoms with van der Waals surface area (Å²) >= 11 is 12.4. The Morgan fingerprint density at radius 2 is 1.78 bits per heavy atom. The summed E-state index contributed by atoms with van der Waals surface area (Å²) in [4.78, 5) is 7.14. The van der Waals surface area contributed by atoms with Gasteiger partial charge in [0.1, 0.15) is 0 Å². The Bertz CT molecular complexity index is 806. The van der Waals surface area contributed by atoms with Gasteiger partial charge < -0.3 is 5.11 Å². The van der Waals surface area contributed by atoms with Crippen LogP contribution in [0.15, 0.2) is 50.5 Å². The van der Waals surface area contributed by atoms with Crippen LogP contribution < -0.4 is 0 Å². The van der Waals surface area contributed by atoms with Gasteiger partial charge in [-0.3, -0.25) is 9.89 Å². The molecule has 0 amide bonds. The third kappa shape index (κ3) is 7.87. The molecule has 3 nitrogen and oxygen atoms in total. The lowest BCUT2D eigenvalue weighted by Gasteiger charge is -2.38. The van der Waals surface area contributed by atoms with E-state index in [2.05, 4.69) is 78.5 Å². The number of aliphatic hydroxyl groups excluding tert-OH is 1. The van der Waals surface area contributed by atoms with Gasteiger partial charge in [0.05, 0.1) is 12.6 Å². The van der Waals surface area contributed by atoms with Crippen molar-refractivity contribution in [3.05, 3.63) is 45.5 Å². The number of hydrogen-bond donors (Lipinski definition) is 1. The zero-order valence-corrected chi connectivity index (χ0v) is 22.6. The molecule has 180 valence electrons. The molecule has 0 aromatic carbocycles. The van der Waals surface area contributed by atoms with Gasteiger partial charge in [0.2, 0.25) is 0 Å². The number of aliphatic hydroxyl groups is 1. The minimum absolute atomic E-state index is 0.0256. The summed E-state index contributed by atoms with van der Waals surface area (Å²) in [5, 5.41) is 12.6. The topological polar surface area (TPSA) is 35.8 Å². The molecule has 0 heterocycles. The van der Waals surface area contributed by atoms with Gasteiger partial charge in [-0.25, -0.2) is 0 Å². The molecule has 1 N–H and O–H groups in total. The molecule has 2 rings (SSSR count). The maximum atomic E-state index is 11.1. The highest BCUT2D eigenvalue weighted by Gasteiger charge is 2.35. The van der Waals surface area contributed by atoms with Crippen LogP contribution in [0.25, 0.3) is 0 Å². The van der Waals surface area contributed by atoms with Crippen LogP contribution in [0.5, 0.6) is 0 Å². The maximum absolute atomic E-state index is 11.1. The van der Waals surface area contributed by atoms with Crippen LogP contribution in [-0.2, 0) is 0 Å². The van der Waals surface area contributed by atoms with E-state index in [4.69, 9.17) is 28.2 Å². The first-order chi connectivity index (χ1) is 14.7. The molecule has 3 atom stereocenters. The molecular weight excluding hydrogens is 439 g/mol. The average Bonchev–Trinajstić information content (AvgIpc) is 2.62. The van der Waals surface area contributed by atoms with E-state index < -0.39 is 6.10 Å². The van der Waals surface area contributed by atoms with Gasteiger partial charge >= 0.3 is 0 Å². The second kappa shape index (κ2) is 11.0. The van der Waals surface area contributed by atoms with Crippen molar-refractivity contribution in [1.29, 1.82) is 0 Å². The van der Waals surface area contributed by atoms with Gasteiger partial charge in [-0.2, -0.15) is 0 Å². The van der Waals surface area contributed by atoms with Crippen LogP contribution in [0.3, 0.4) is 0 Å². The van der Waals surface area contributed by atoms with Crippen LogP contribution >= 0.6 is 23.2 Å². The monoisotopic (exact) mass is 480 g/mol. The zero-order valence-electron chi connectivity index (χ0n) is 21.1. The standard InChI is InChI=1S/C27H42Cl2N2O/c1-18(2)31(17-19-11-22(28)15-23(29)12-19)10-9-30-16-20-13-21(26(3,4)5)14-24(25(20)32)27(6,7)8/h11,13-16,18-19,24-25,32H,9-10,12,17H2,1-8H3. The Morgan fingerprint density at radius 1 is 1.12 bits per heavy atom. The lowest BCUT2D eigenvalue weighted by atomic mass is 9.69. The first kappa shape index (κ1) is 27.4. The molecule has 0 fully saturated rings. The predicted octanol–water partition coefficient (Wildman–Crippen LogP) is 6.97. The molecule has 0 spiro atoms. The second-order valence-corrected chi connectivity index (χ2v) is 12.5. The lowest BCUT2D eigenvalue weighted by molar-refractivity contribution is 0.100. The fraction of sp³-hybridized carbons (Fsp3) is 0.667. The second-order valence-electron chi connectivity index (χ2n) is 11.6. The number of rotatable bonds is 7. The number of allylic oxidation sites excluding steroid dienone is 5. The molecule has 0 aromatic rings. The summed E-state index contributed by atoms with van der Waals surface area (Å²) in [5.74, 6) is 0.386. The Labute approximate surface area is 206 Å². The van der Waals surface area contributed by atoms with Crippen molar-refractivity contribution < 1.29 is 5.11 Å². The molecule has 0 aromatic heterocycles. The first-order valence-electron chi connectivity index (χ1n) is 11.8. The molecule has 0 bridgehead atoms. The predicted molar refractivity (Wildman–Crippen MR) is 141 cm³/mol. The summed E-state index contributed by atoms with van der Waals surface area (Å²) < 4.78 is 0. The van der Waals surface area contributed by atoms with Crippen LogP contribution in [0, 0.1) is 22.7 Å². The first-order valence-corrected chi connectivity index (χ1v) is 12.5. The summed E-state index contributed by atoms with van der Waals surface area (Å²) in [6.45, 7) is 20.1. The van der Waals surface area contributed by atoms with Crippen molar-refractivity contribution in [2.75, 3.05) is 19.6 Å². The van der Waals surface area contributed by atoms with Crippen molar-refractivity contribution >= 4 is 29.4 Å². The van der Waals surface area contributed by atoms with E-state index in [-0.39, 0.29) is 16.7 Å². The Hall–Kier alpha value is -0.870. The largest absolute Gasteiger partial charge is 0.388 e. The SMILES string of the molecule is CC(C)N(CCN=CC1=CC(C(C)(C)C)=CC(C(C)(C)C)C1O)CC1C=C(Cl)C=C(Cl)C1. The molecule has 0 radical (unpaired) electrons. The van der Waals surface area contributed by atoms with Crippen molar-refractivity contribution in [1.82, 2.24) is 4.90 Å². The van der Waals surface area contributed by atoms with Crippen molar-refractivity contribution in [3.63, 3.8) is 0 Å². The summed E-state index contributed by atoms with van der Waals surface area (Å²) in [6.07, 6.45) is 10.5. The smallest absolute Gasteiger partial charge is 0.0872 e. The van der Waals surface area contributed by atoms with Gasteiger partial charge in [0, 0.05) is 41.3 Å². The minimum Gasteiger partial charge on any atom is -0.388 e. The van der Waals surface area contributed by atoms with Gasteiger partial charge in [-0.1, -0.05) is 83.0 Å². The fourth-order valence-electron chi connectivity index (χ4n) is 4.23. The number of nitrogens with zero attached hydrogens (tertiary/aromatic N) is 2. The van der Waals surface area contributed by atoms with Gasteiger partial charge in [0.15, 0.2) is 0 Å². The quantitative estimate of drug-likeness (QED) is 0.399. The molecule has 5 heteroatoms. The number of halogens is 2. The van der Waals surface area contributed by atoms with Crippen LogP contribution in [0.4, 0.5) is 0 Å². The normalized spacial score (nSPS) is 25.2. The van der Waals surface area contributed by atoms with E-state index in [9.17, 15) is 5.11 Å². The Balaban J connectivity index is 2.07. The van der Waals surface area contributed by atoms with E-state index in [1.165, 1.54) is 5.57 Å². The Morgan fingerprint density at radius 3 is 2.31 bits per heavy atom. The van der Waals surface area contributed by atoms with Crippen LogP contribution in [-0.4, -0.2) is 48.0 Å². The lowest BCUT2D eigenvalue weighted by Crippen LogP contribution is -2.37. The van der Waals surface area contributed by atoms with Gasteiger partial charge in [-0.05, 0) is 54.2 Å². The van der Waals surface area contributed by atoms with Crippen LogP contribution in [0.1, 0.15) is 61.8 Å². The van der Waals surface area contributed by atoms with Crippen molar-refractivity contribution in [3.8, 4) is 0 Å². The highest BCUT2D eigenvalue weighted by molar-refractivity contribution is 6.34. The molecule has 2 aliphatic rings. The third-order valence-corrected chi connectivity index (χ3v) is 6.83. The van der Waals surface area contributed by atoms with Crippen molar-refractivity contribution in [2.24, 2.45) is 27.7 Å². The van der Waals surface area contributed by atoms with Gasteiger partial charge in [0.25, 0.3) is 0 Å². The van der Waals surface area contributed by atoms with Crippen molar-refractivity contribution in [2.45, 2.75) is 74.0 Å². The van der Waals surface area contributed by atoms with E-state index in [0.717, 1.165) is 35.1 Å². The number of aliphatic imine (C=N–C) groups is 1. The molecule has 0 saturated carbocycles. The molecular formula is C27H42Cl2N2O. The van der Waals surface area contributed by atoms with E-state index in [1.807, 2.05) is 12.3 Å². The summed E-state index contributed by atoms with van der Waals surface area (Å²) in [7, 11) is 0. The highest BCUT2D eigenvalue weighted by atomic mass is 35.5. The Kier molecular flexibility index (Phi) is 9.44. The van der Waals surface area contributed by atoms with Gasteiger partial charge in [-0.15, -0.1) is 0 Å². The molecule has 0 saturated heterocycles. The highest BCUT2D eigenvalue weighted by Crippen LogP contribution is 2.40. The molecule has 2 aliphatic carbocycles.